The van der Waals surface area contributed by atoms with Gasteiger partial charge in [-0.3, -0.25) is 9.47 Å². The van der Waals surface area contributed by atoms with Gasteiger partial charge in [-0.1, -0.05) is 24.3 Å². The number of carbonyl (C=O) groups is 3. The van der Waals surface area contributed by atoms with Gasteiger partial charge in [0.2, 0.25) is 0 Å². The molecule has 0 spiro atoms. The molecule has 2 rings (SSSR count). The quantitative estimate of drug-likeness (QED) is 0.183. The van der Waals surface area contributed by atoms with Crippen molar-refractivity contribution in [2.45, 2.75) is 78.0 Å². The number of carbonyl (C=O) groups excluding carboxylic acids is 3. The molecule has 0 radical (unpaired) electrons. The Morgan fingerprint density at radius 3 is 2.19 bits per heavy atom. The highest BCUT2D eigenvalue weighted by Crippen LogP contribution is 2.33. The van der Waals surface area contributed by atoms with E-state index in [0.29, 0.717) is 11.1 Å². The molecule has 1 amide bonds. The third-order valence-corrected chi connectivity index (χ3v) is 5.39. The Kier molecular flexibility index (Phi) is 9.54. The van der Waals surface area contributed by atoms with Gasteiger partial charge in [-0.25, -0.2) is 14.4 Å². The molecule has 204 valence electrons. The first-order valence-electron chi connectivity index (χ1n) is 12.3. The molecule has 0 aliphatic carbocycles. The van der Waals surface area contributed by atoms with Crippen LogP contribution in [0.1, 0.15) is 60.5 Å². The van der Waals surface area contributed by atoms with E-state index in [1.165, 1.54) is 16.6 Å². The summed E-state index contributed by atoms with van der Waals surface area (Å²) in [4.78, 5) is 41.3. The van der Waals surface area contributed by atoms with Crippen LogP contribution >= 0.6 is 0 Å². The maximum Gasteiger partial charge on any atom is 0.419 e. The highest BCUT2D eigenvalue weighted by Gasteiger charge is 2.49. The predicted molar refractivity (Wildman–Crippen MR) is 141 cm³/mol. The minimum Gasteiger partial charge on any atom is -0.464 e. The Balaban J connectivity index is 2.74. The first-order valence-corrected chi connectivity index (χ1v) is 12.3. The lowest BCUT2D eigenvalue weighted by molar-refractivity contribution is -0.161. The zero-order valence-corrected chi connectivity index (χ0v) is 23.3. The molecule has 2 aromatic rings. The van der Waals surface area contributed by atoms with Crippen molar-refractivity contribution in [3.05, 3.63) is 48.7 Å². The van der Waals surface area contributed by atoms with Crippen LogP contribution in [0.15, 0.2) is 43.1 Å². The van der Waals surface area contributed by atoms with Gasteiger partial charge in [0.25, 0.3) is 0 Å². The lowest BCUT2D eigenvalue weighted by Gasteiger charge is -2.41. The van der Waals surface area contributed by atoms with Crippen LogP contribution in [-0.4, -0.2) is 64.8 Å². The minimum atomic E-state index is -1.56. The summed E-state index contributed by atoms with van der Waals surface area (Å²) >= 11 is 0. The van der Waals surface area contributed by atoms with Crippen molar-refractivity contribution in [1.29, 1.82) is 0 Å². The van der Waals surface area contributed by atoms with Gasteiger partial charge in [0.15, 0.2) is 5.54 Å². The summed E-state index contributed by atoms with van der Waals surface area (Å²) < 4.78 is 23.5. The molecule has 0 N–H and O–H groups in total. The number of fused-ring (bicyclic) bond motifs is 1. The van der Waals surface area contributed by atoms with Crippen molar-refractivity contribution in [2.24, 2.45) is 0 Å². The zero-order chi connectivity index (χ0) is 28.0. The van der Waals surface area contributed by atoms with Crippen molar-refractivity contribution < 1.29 is 33.3 Å². The van der Waals surface area contributed by atoms with E-state index in [4.69, 9.17) is 18.9 Å². The Bertz CT molecular complexity index is 1120. The molecule has 9 nitrogen and oxygen atoms in total. The number of hydrogen-bond donors (Lipinski definition) is 0. The number of aromatic nitrogens is 1. The number of hydrogen-bond acceptors (Lipinski definition) is 7. The summed E-state index contributed by atoms with van der Waals surface area (Å²) in [7, 11) is 1.43. The van der Waals surface area contributed by atoms with E-state index in [0.717, 1.165) is 5.39 Å². The van der Waals surface area contributed by atoms with E-state index in [1.807, 2.05) is 18.2 Å². The van der Waals surface area contributed by atoms with Gasteiger partial charge >= 0.3 is 18.2 Å². The van der Waals surface area contributed by atoms with E-state index >= 15 is 0 Å². The Morgan fingerprint density at radius 1 is 1.03 bits per heavy atom. The van der Waals surface area contributed by atoms with Crippen LogP contribution < -0.4 is 0 Å². The van der Waals surface area contributed by atoms with Gasteiger partial charge < -0.3 is 18.9 Å². The van der Waals surface area contributed by atoms with Crippen LogP contribution in [0.3, 0.4) is 0 Å². The normalized spacial score (nSPS) is 13.5. The number of nitrogens with zero attached hydrogens (tertiary/aromatic N) is 2. The second-order valence-electron chi connectivity index (χ2n) is 10.8. The van der Waals surface area contributed by atoms with Crippen LogP contribution in [0.2, 0.25) is 0 Å². The number of para-hydroxylation sites is 1. The highest BCUT2D eigenvalue weighted by atomic mass is 16.6. The molecular formula is C28H40N2O7. The van der Waals surface area contributed by atoms with Crippen molar-refractivity contribution >= 4 is 29.1 Å². The highest BCUT2D eigenvalue weighted by molar-refractivity contribution is 5.93. The number of rotatable bonds is 9. The van der Waals surface area contributed by atoms with E-state index in [1.54, 1.807) is 66.8 Å². The maximum absolute atomic E-state index is 13.6. The zero-order valence-electron chi connectivity index (χ0n) is 23.3. The molecule has 0 unspecified atom stereocenters. The van der Waals surface area contributed by atoms with Crippen molar-refractivity contribution in [2.75, 3.05) is 20.4 Å². The number of amides is 1. The van der Waals surface area contributed by atoms with Gasteiger partial charge in [0, 0.05) is 25.1 Å². The molecule has 0 aliphatic rings. The number of benzene rings is 1. The van der Waals surface area contributed by atoms with E-state index in [2.05, 4.69) is 6.58 Å². The van der Waals surface area contributed by atoms with Crippen molar-refractivity contribution in [3.63, 3.8) is 0 Å². The molecule has 0 aliphatic heterocycles. The fourth-order valence-electron chi connectivity index (χ4n) is 4.01. The van der Waals surface area contributed by atoms with Crippen LogP contribution in [0.25, 0.3) is 10.9 Å². The van der Waals surface area contributed by atoms with E-state index in [9.17, 15) is 14.4 Å². The molecule has 37 heavy (non-hydrogen) atoms. The second-order valence-corrected chi connectivity index (χ2v) is 10.8. The van der Waals surface area contributed by atoms with Gasteiger partial charge in [0.1, 0.15) is 17.9 Å². The van der Waals surface area contributed by atoms with Crippen LogP contribution in [-0.2, 0) is 30.2 Å². The molecule has 1 atom stereocenters. The number of ether oxygens (including phenoxy) is 4. The van der Waals surface area contributed by atoms with Gasteiger partial charge in [-0.15, -0.1) is 6.58 Å². The molecule has 1 aromatic heterocycles. The third kappa shape index (κ3) is 7.35. The first-order chi connectivity index (χ1) is 17.2. The van der Waals surface area contributed by atoms with Crippen molar-refractivity contribution in [3.8, 4) is 0 Å². The monoisotopic (exact) mass is 516 g/mol. The minimum absolute atomic E-state index is 0.0107. The average Bonchev–Trinajstić information content (AvgIpc) is 3.13. The topological polar surface area (TPSA) is 96.3 Å². The summed E-state index contributed by atoms with van der Waals surface area (Å²) in [5, 5.41) is 0.729. The molecule has 1 aromatic carbocycles. The molecule has 0 bridgehead atoms. The first kappa shape index (κ1) is 29.9. The van der Waals surface area contributed by atoms with E-state index < -0.39 is 34.9 Å². The molecule has 9 heteroatoms. The maximum atomic E-state index is 13.6. The van der Waals surface area contributed by atoms with Gasteiger partial charge in [-0.2, -0.15) is 0 Å². The van der Waals surface area contributed by atoms with Gasteiger partial charge in [-0.05, 0) is 66.5 Å². The largest absolute Gasteiger partial charge is 0.464 e. The van der Waals surface area contributed by atoms with E-state index in [-0.39, 0.29) is 26.2 Å². The SMILES string of the molecule is C=CC[C@](Cc1cn(C(=O)OC(C)(C)C)c2ccccc12)(C(=O)OCC)N(COC)C(=O)OC(C)(C)C. The lowest BCUT2D eigenvalue weighted by Crippen LogP contribution is -2.60. The number of methoxy groups -OCH3 is 1. The Hall–Kier alpha value is -3.33. The predicted octanol–water partition coefficient (Wildman–Crippen LogP) is 5.69. The molecule has 1 heterocycles. The molecule has 0 saturated heterocycles. The molecular weight excluding hydrogens is 476 g/mol. The van der Waals surface area contributed by atoms with Crippen molar-refractivity contribution in [1.82, 2.24) is 9.47 Å². The Labute approximate surface area is 219 Å². The summed E-state index contributed by atoms with van der Waals surface area (Å²) in [5.41, 5.74) is -1.82. The summed E-state index contributed by atoms with van der Waals surface area (Å²) in [6.07, 6.45) is 1.96. The van der Waals surface area contributed by atoms with Crippen LogP contribution in [0.5, 0.6) is 0 Å². The fourth-order valence-corrected chi connectivity index (χ4v) is 4.01. The third-order valence-electron chi connectivity index (χ3n) is 5.39. The fraction of sp³-hybridized carbons (Fsp3) is 0.536. The number of esters is 1. The molecule has 0 fully saturated rings. The summed E-state index contributed by atoms with van der Waals surface area (Å²) in [6, 6.07) is 7.30. The second kappa shape index (κ2) is 11.8. The van der Waals surface area contributed by atoms with Crippen LogP contribution in [0, 0.1) is 0 Å². The standard InChI is InChI=1S/C28H40N2O7/c1-10-16-28(23(31)35-11-2,30(19-34-9)25(33)37-27(6,7)8)17-20-18-29(24(32)36-26(3,4)5)22-15-13-12-14-21(20)22/h10,12-15,18H,1,11,16-17,19H2,2-9H3/t28-/m0/s1. The van der Waals surface area contributed by atoms with Gasteiger partial charge in [0.05, 0.1) is 12.1 Å². The lowest BCUT2D eigenvalue weighted by atomic mass is 9.85. The van der Waals surface area contributed by atoms with Crippen LogP contribution in [0.4, 0.5) is 9.59 Å². The molecule has 0 saturated carbocycles. The summed E-state index contributed by atoms with van der Waals surface area (Å²) in [5.74, 6) is -0.632. The smallest absolute Gasteiger partial charge is 0.419 e. The summed E-state index contributed by atoms with van der Waals surface area (Å²) in [6.45, 7) is 16.0. The Morgan fingerprint density at radius 2 is 1.65 bits per heavy atom. The average molecular weight is 517 g/mol.